The Labute approximate surface area is 170 Å². The monoisotopic (exact) mass is 389 g/mol. The molecule has 0 radical (unpaired) electrons. The molecule has 0 aliphatic heterocycles. The molecule has 150 valence electrons. The van der Waals surface area contributed by atoms with E-state index in [0.717, 1.165) is 60.1 Å². The maximum absolute atomic E-state index is 4.85. The molecule has 1 aromatic carbocycles. The van der Waals surface area contributed by atoms with Gasteiger partial charge in [-0.05, 0) is 43.7 Å². The standard InChI is InChI=1S/C22H27N7/c1-4-23-10-11-24-12-17-8-9-18-22(26-17)29-14-25-13-19(29)21(27-18)28-20-15(2)6-5-7-16(20)3/h5-9,13-14,23-24H,4,10-12H2,1-3H3,(H,27,28). The number of aryl methyl sites for hydroxylation is 2. The lowest BCUT2D eigenvalue weighted by Gasteiger charge is -2.14. The number of benzene rings is 1. The Bertz CT molecular complexity index is 1110. The van der Waals surface area contributed by atoms with Crippen molar-refractivity contribution in [1.29, 1.82) is 0 Å². The fourth-order valence-corrected chi connectivity index (χ4v) is 3.45. The van der Waals surface area contributed by atoms with Gasteiger partial charge in [0, 0.05) is 25.3 Å². The Hall–Kier alpha value is -3.03. The average Bonchev–Trinajstić information content (AvgIpc) is 3.21. The van der Waals surface area contributed by atoms with Gasteiger partial charge in [0.2, 0.25) is 0 Å². The van der Waals surface area contributed by atoms with Crippen molar-refractivity contribution >= 4 is 28.2 Å². The van der Waals surface area contributed by atoms with E-state index in [0.29, 0.717) is 0 Å². The van der Waals surface area contributed by atoms with Crippen LogP contribution in [0.3, 0.4) is 0 Å². The summed E-state index contributed by atoms with van der Waals surface area (Å²) in [5.41, 5.74) is 6.99. The minimum atomic E-state index is 0.722. The first-order chi connectivity index (χ1) is 14.2. The van der Waals surface area contributed by atoms with E-state index in [4.69, 9.17) is 9.97 Å². The quantitative estimate of drug-likeness (QED) is 0.401. The molecule has 0 amide bonds. The van der Waals surface area contributed by atoms with E-state index in [2.05, 4.69) is 59.9 Å². The summed E-state index contributed by atoms with van der Waals surface area (Å²) in [6.45, 7) is 9.87. The highest BCUT2D eigenvalue weighted by molar-refractivity contribution is 5.84. The van der Waals surface area contributed by atoms with Crippen LogP contribution in [0.5, 0.6) is 0 Å². The molecule has 0 unspecified atom stereocenters. The molecule has 7 nitrogen and oxygen atoms in total. The Kier molecular flexibility index (Phi) is 5.69. The van der Waals surface area contributed by atoms with Gasteiger partial charge in [0.05, 0.1) is 11.9 Å². The Morgan fingerprint density at radius 1 is 0.966 bits per heavy atom. The zero-order chi connectivity index (χ0) is 20.2. The summed E-state index contributed by atoms with van der Waals surface area (Å²) in [7, 11) is 0. The van der Waals surface area contributed by atoms with Gasteiger partial charge in [0.15, 0.2) is 11.5 Å². The highest BCUT2D eigenvalue weighted by Crippen LogP contribution is 2.27. The smallest absolute Gasteiger partial charge is 0.164 e. The lowest BCUT2D eigenvalue weighted by atomic mass is 10.1. The number of fused-ring (bicyclic) bond motifs is 3. The van der Waals surface area contributed by atoms with Gasteiger partial charge in [-0.2, -0.15) is 0 Å². The van der Waals surface area contributed by atoms with Crippen LogP contribution in [-0.4, -0.2) is 39.0 Å². The van der Waals surface area contributed by atoms with Gasteiger partial charge < -0.3 is 16.0 Å². The summed E-state index contributed by atoms with van der Waals surface area (Å²) in [4.78, 5) is 14.0. The van der Waals surface area contributed by atoms with Crippen LogP contribution in [0.1, 0.15) is 23.7 Å². The van der Waals surface area contributed by atoms with Gasteiger partial charge in [-0.1, -0.05) is 25.1 Å². The molecule has 0 fully saturated rings. The Balaban J connectivity index is 1.66. The summed E-state index contributed by atoms with van der Waals surface area (Å²) in [6.07, 6.45) is 3.62. The Morgan fingerprint density at radius 2 is 1.76 bits per heavy atom. The molecule has 3 heterocycles. The molecule has 0 aliphatic rings. The van der Waals surface area contributed by atoms with E-state index in [1.54, 1.807) is 6.33 Å². The van der Waals surface area contributed by atoms with Crippen LogP contribution in [-0.2, 0) is 6.54 Å². The molecule has 0 saturated heterocycles. The zero-order valence-electron chi connectivity index (χ0n) is 17.2. The van der Waals surface area contributed by atoms with Crippen molar-refractivity contribution in [2.24, 2.45) is 0 Å². The number of hydrogen-bond donors (Lipinski definition) is 3. The third-order valence-corrected chi connectivity index (χ3v) is 5.01. The van der Waals surface area contributed by atoms with E-state index in [-0.39, 0.29) is 0 Å². The maximum Gasteiger partial charge on any atom is 0.164 e. The highest BCUT2D eigenvalue weighted by atomic mass is 15.1. The van der Waals surface area contributed by atoms with Crippen molar-refractivity contribution in [3.05, 3.63) is 59.7 Å². The van der Waals surface area contributed by atoms with Crippen molar-refractivity contribution in [3.63, 3.8) is 0 Å². The van der Waals surface area contributed by atoms with Crippen molar-refractivity contribution in [3.8, 4) is 0 Å². The van der Waals surface area contributed by atoms with Crippen molar-refractivity contribution in [1.82, 2.24) is 30.0 Å². The molecule has 29 heavy (non-hydrogen) atoms. The fourth-order valence-electron chi connectivity index (χ4n) is 3.45. The SMILES string of the molecule is CCNCCNCc1ccc2nc(Nc3c(C)cccc3C)c3cncn3c2n1. The van der Waals surface area contributed by atoms with E-state index in [1.165, 1.54) is 11.1 Å². The second-order valence-corrected chi connectivity index (χ2v) is 7.18. The number of nitrogens with zero attached hydrogens (tertiary/aromatic N) is 4. The normalized spacial score (nSPS) is 11.4. The third-order valence-electron chi connectivity index (χ3n) is 5.01. The van der Waals surface area contributed by atoms with Gasteiger partial charge in [0.25, 0.3) is 0 Å². The highest BCUT2D eigenvalue weighted by Gasteiger charge is 2.12. The van der Waals surface area contributed by atoms with Crippen LogP contribution in [0.2, 0.25) is 0 Å². The molecule has 3 aromatic heterocycles. The fraction of sp³-hybridized carbons (Fsp3) is 0.318. The molecule has 0 atom stereocenters. The first-order valence-electron chi connectivity index (χ1n) is 10.0. The average molecular weight is 390 g/mol. The van der Waals surface area contributed by atoms with Crippen LogP contribution < -0.4 is 16.0 Å². The van der Waals surface area contributed by atoms with Gasteiger partial charge in [-0.25, -0.2) is 15.0 Å². The molecule has 0 bridgehead atoms. The first kappa shape index (κ1) is 19.3. The van der Waals surface area contributed by atoms with Crippen molar-refractivity contribution in [2.75, 3.05) is 25.0 Å². The largest absolute Gasteiger partial charge is 0.338 e. The minimum absolute atomic E-state index is 0.722. The van der Waals surface area contributed by atoms with Crippen LogP contribution in [0.15, 0.2) is 42.9 Å². The second-order valence-electron chi connectivity index (χ2n) is 7.18. The summed E-state index contributed by atoms with van der Waals surface area (Å²) >= 11 is 0. The van der Waals surface area contributed by atoms with Gasteiger partial charge in [-0.3, -0.25) is 4.40 Å². The summed E-state index contributed by atoms with van der Waals surface area (Å²) in [6, 6.07) is 10.3. The third kappa shape index (κ3) is 4.06. The molecular weight excluding hydrogens is 362 g/mol. The molecular formula is C22H27N7. The van der Waals surface area contributed by atoms with Gasteiger partial charge in [-0.15, -0.1) is 0 Å². The predicted octanol–water partition coefficient (Wildman–Crippen LogP) is 3.34. The van der Waals surface area contributed by atoms with Crippen LogP contribution in [0, 0.1) is 13.8 Å². The number of aromatic nitrogens is 4. The van der Waals surface area contributed by atoms with E-state index < -0.39 is 0 Å². The lowest BCUT2D eigenvalue weighted by Crippen LogP contribution is -2.27. The number of rotatable bonds is 8. The number of nitrogens with one attached hydrogen (secondary N) is 3. The van der Waals surface area contributed by atoms with Crippen LogP contribution >= 0.6 is 0 Å². The predicted molar refractivity (Wildman–Crippen MR) is 118 cm³/mol. The van der Waals surface area contributed by atoms with E-state index >= 15 is 0 Å². The summed E-state index contributed by atoms with van der Waals surface area (Å²) in [5.74, 6) is 0.783. The number of anilines is 2. The Morgan fingerprint density at radius 3 is 2.55 bits per heavy atom. The molecule has 7 heteroatoms. The number of likely N-dealkylation sites (N-methyl/N-ethyl adjacent to an activating group) is 1. The minimum Gasteiger partial charge on any atom is -0.338 e. The van der Waals surface area contributed by atoms with Gasteiger partial charge >= 0.3 is 0 Å². The molecule has 4 aromatic rings. The molecule has 3 N–H and O–H groups in total. The summed E-state index contributed by atoms with van der Waals surface area (Å²) in [5, 5.41) is 10.2. The van der Waals surface area contributed by atoms with E-state index in [1.807, 2.05) is 22.7 Å². The van der Waals surface area contributed by atoms with Gasteiger partial charge in [0.1, 0.15) is 17.4 Å². The first-order valence-corrected chi connectivity index (χ1v) is 10.0. The zero-order valence-corrected chi connectivity index (χ0v) is 17.2. The second kappa shape index (κ2) is 8.55. The topological polar surface area (TPSA) is 79.2 Å². The van der Waals surface area contributed by atoms with Crippen LogP contribution in [0.25, 0.3) is 16.7 Å². The number of hydrogen-bond acceptors (Lipinski definition) is 6. The molecule has 4 rings (SSSR count). The summed E-state index contributed by atoms with van der Waals surface area (Å²) < 4.78 is 2.00. The molecule has 0 spiro atoms. The van der Waals surface area contributed by atoms with Crippen LogP contribution in [0.4, 0.5) is 11.5 Å². The van der Waals surface area contributed by atoms with Crippen molar-refractivity contribution in [2.45, 2.75) is 27.3 Å². The molecule has 0 aliphatic carbocycles. The van der Waals surface area contributed by atoms with Crippen molar-refractivity contribution < 1.29 is 0 Å². The number of imidazole rings is 1. The van der Waals surface area contributed by atoms with E-state index in [9.17, 15) is 0 Å². The maximum atomic E-state index is 4.85. The number of pyridine rings is 1. The number of para-hydroxylation sites is 1. The molecule has 0 saturated carbocycles. The lowest BCUT2D eigenvalue weighted by molar-refractivity contribution is 0.619.